The molecule has 1 amide bonds. The molecule has 5 aromatic rings. The average molecular weight is 650 g/mol. The van der Waals surface area contributed by atoms with Crippen molar-refractivity contribution in [2.45, 2.75) is 75.5 Å². The Morgan fingerprint density at radius 1 is 1.11 bits per heavy atom. The van der Waals surface area contributed by atoms with Crippen molar-refractivity contribution < 1.29 is 22.7 Å². The van der Waals surface area contributed by atoms with Gasteiger partial charge < -0.3 is 14.8 Å². The van der Waals surface area contributed by atoms with E-state index in [4.69, 9.17) is 9.47 Å². The summed E-state index contributed by atoms with van der Waals surface area (Å²) in [5, 5.41) is 7.91. The third kappa shape index (κ3) is 5.33. The van der Waals surface area contributed by atoms with Crippen molar-refractivity contribution in [2.24, 2.45) is 14.1 Å². The molecule has 0 radical (unpaired) electrons. The first-order valence-corrected chi connectivity index (χ1v) is 16.6. The highest BCUT2D eigenvalue weighted by Crippen LogP contribution is 2.40. The molecule has 1 fully saturated rings. The van der Waals surface area contributed by atoms with Gasteiger partial charge in [0.25, 0.3) is 10.0 Å². The van der Waals surface area contributed by atoms with Crippen LogP contribution in [0.3, 0.4) is 0 Å². The zero-order valence-electron chi connectivity index (χ0n) is 27.1. The second kappa shape index (κ2) is 11.0. The summed E-state index contributed by atoms with van der Waals surface area (Å²) in [7, 11) is 0.741. The van der Waals surface area contributed by atoms with E-state index >= 15 is 0 Å². The molecule has 1 N–H and O–H groups in total. The van der Waals surface area contributed by atoms with Crippen LogP contribution in [0, 0.1) is 0 Å². The molecule has 0 unspecified atom stereocenters. The minimum atomic E-state index is -4.15. The van der Waals surface area contributed by atoms with Crippen LogP contribution in [0.4, 0.5) is 4.79 Å². The number of benzene rings is 1. The van der Waals surface area contributed by atoms with E-state index in [2.05, 4.69) is 15.4 Å². The monoisotopic (exact) mass is 649 g/mol. The fraction of sp³-hybridized carbons (Fsp3) is 0.438. The Morgan fingerprint density at radius 3 is 2.41 bits per heavy atom. The minimum Gasteiger partial charge on any atom is -0.479 e. The quantitative estimate of drug-likeness (QED) is 0.278. The van der Waals surface area contributed by atoms with Crippen LogP contribution in [-0.2, 0) is 28.9 Å². The molecule has 14 heteroatoms. The Labute approximate surface area is 266 Å². The van der Waals surface area contributed by atoms with Gasteiger partial charge in [-0.2, -0.15) is 0 Å². The van der Waals surface area contributed by atoms with Crippen LogP contribution in [0.1, 0.15) is 59.4 Å². The van der Waals surface area contributed by atoms with E-state index in [0.717, 1.165) is 0 Å². The maximum atomic E-state index is 14.3. The molecule has 1 saturated carbocycles. The van der Waals surface area contributed by atoms with Crippen molar-refractivity contribution in [1.29, 1.82) is 0 Å². The van der Waals surface area contributed by atoms with E-state index in [1.165, 1.54) is 23.2 Å². The third-order valence-corrected chi connectivity index (χ3v) is 10.3. The predicted molar refractivity (Wildman–Crippen MR) is 174 cm³/mol. The van der Waals surface area contributed by atoms with Crippen molar-refractivity contribution >= 4 is 38.2 Å². The summed E-state index contributed by atoms with van der Waals surface area (Å²) in [6.45, 7) is 7.46. The first-order valence-electron chi connectivity index (χ1n) is 15.1. The Kier molecular flexibility index (Phi) is 7.53. The van der Waals surface area contributed by atoms with Crippen LogP contribution in [0.25, 0.3) is 33.3 Å². The summed E-state index contributed by atoms with van der Waals surface area (Å²) in [6, 6.07) is 9.70. The number of hydrogen-bond acceptors (Lipinski definition) is 8. The molecule has 0 aliphatic heterocycles. The molecule has 244 valence electrons. The number of alkyl carbamates (subject to hydrolysis) is 1. The first-order chi connectivity index (χ1) is 21.6. The summed E-state index contributed by atoms with van der Waals surface area (Å²) in [4.78, 5) is 31.2. The van der Waals surface area contributed by atoms with Gasteiger partial charge in [0.05, 0.1) is 40.5 Å². The zero-order chi connectivity index (χ0) is 33.2. The predicted octanol–water partition coefficient (Wildman–Crippen LogP) is 4.73. The largest absolute Gasteiger partial charge is 0.479 e. The second-order valence-corrected chi connectivity index (χ2v) is 15.0. The van der Waals surface area contributed by atoms with E-state index in [1.807, 2.05) is 27.7 Å². The normalized spacial score (nSPS) is 19.1. The smallest absolute Gasteiger partial charge is 0.408 e. The molecule has 13 nitrogen and oxygen atoms in total. The van der Waals surface area contributed by atoms with E-state index in [9.17, 15) is 18.0 Å². The van der Waals surface area contributed by atoms with Crippen molar-refractivity contribution in [3.63, 3.8) is 0 Å². The van der Waals surface area contributed by atoms with Gasteiger partial charge >= 0.3 is 11.8 Å². The Hall–Kier alpha value is -4.59. The van der Waals surface area contributed by atoms with Gasteiger partial charge in [0.15, 0.2) is 5.65 Å². The molecule has 4 aromatic heterocycles. The number of aromatic nitrogens is 6. The lowest BCUT2D eigenvalue weighted by atomic mass is 9.80. The van der Waals surface area contributed by atoms with Gasteiger partial charge in [-0.15, -0.1) is 5.10 Å². The minimum absolute atomic E-state index is 0.0907. The number of amides is 1. The van der Waals surface area contributed by atoms with Gasteiger partial charge in [-0.05, 0) is 71.6 Å². The molecule has 0 saturated heterocycles. The summed E-state index contributed by atoms with van der Waals surface area (Å²) in [5.74, 6) is 0.251. The lowest BCUT2D eigenvalue weighted by molar-refractivity contribution is 0.0427. The topological polar surface area (TPSA) is 144 Å². The van der Waals surface area contributed by atoms with Crippen LogP contribution in [0.15, 0.2) is 58.5 Å². The van der Waals surface area contributed by atoms with Gasteiger partial charge in [0.2, 0.25) is 5.88 Å². The first kappa shape index (κ1) is 31.4. The number of aryl methyl sites for hydroxylation is 2. The number of methoxy groups -OCH3 is 1. The number of nitrogens with one attached hydrogen (secondary N) is 1. The molecular weight excluding hydrogens is 610 g/mol. The number of ether oxygens (including phenoxy) is 2. The highest BCUT2D eigenvalue weighted by Gasteiger charge is 2.37. The Morgan fingerprint density at radius 2 is 1.78 bits per heavy atom. The fourth-order valence-electron chi connectivity index (χ4n) is 6.39. The number of hydrogen-bond donors (Lipinski definition) is 1. The van der Waals surface area contributed by atoms with Gasteiger partial charge in [-0.25, -0.2) is 27.0 Å². The maximum absolute atomic E-state index is 14.3. The van der Waals surface area contributed by atoms with Crippen molar-refractivity contribution in [3.8, 4) is 17.1 Å². The molecule has 1 aliphatic rings. The standard InChI is InChI=1S/C32H39N7O6S/c1-31(2,3)45-29(40)34-32(4)15-13-20(14-16-32)38-26-22-17-24(23-19-36(5)35-28(23)44-7)39(46(42,43)21-11-9-8-10-12-21)27(22)33-18-25(26)37(6)30(38)41/h8-12,17-20H,13-16H2,1-7H3,(H,34,40). The average Bonchev–Trinajstić information content (AvgIpc) is 3.64. The molecule has 0 spiro atoms. The summed E-state index contributed by atoms with van der Waals surface area (Å²) >= 11 is 0. The van der Waals surface area contributed by atoms with Crippen LogP contribution in [-0.4, -0.2) is 60.6 Å². The molecule has 1 aromatic carbocycles. The number of nitrogens with zero attached hydrogens (tertiary/aromatic N) is 6. The van der Waals surface area contributed by atoms with Crippen LogP contribution in [0.2, 0.25) is 0 Å². The van der Waals surface area contributed by atoms with Gasteiger partial charge in [-0.3, -0.25) is 13.8 Å². The number of pyridine rings is 1. The van der Waals surface area contributed by atoms with Crippen LogP contribution in [0.5, 0.6) is 5.88 Å². The Bertz CT molecular complexity index is 2130. The molecule has 4 heterocycles. The lowest BCUT2D eigenvalue weighted by Gasteiger charge is -2.38. The number of imidazole rings is 1. The fourth-order valence-corrected chi connectivity index (χ4v) is 7.89. The van der Waals surface area contributed by atoms with Crippen molar-refractivity contribution in [2.75, 3.05) is 7.11 Å². The number of carbonyl (C=O) groups is 1. The maximum Gasteiger partial charge on any atom is 0.408 e. The summed E-state index contributed by atoms with van der Waals surface area (Å²) in [5.41, 5.74) is 0.791. The van der Waals surface area contributed by atoms with Crippen molar-refractivity contribution in [3.05, 3.63) is 59.3 Å². The van der Waals surface area contributed by atoms with E-state index in [0.29, 0.717) is 53.4 Å². The number of fused-ring (bicyclic) bond motifs is 3. The van der Waals surface area contributed by atoms with E-state index in [-0.39, 0.29) is 28.2 Å². The third-order valence-electron chi connectivity index (χ3n) is 8.61. The SMILES string of the molecule is COc1nn(C)cc1-c1cc2c(ncc3c2n(C2CCC(C)(NC(=O)OC(C)(C)C)CC2)c(=O)n3C)n1S(=O)(=O)c1ccccc1. The highest BCUT2D eigenvalue weighted by atomic mass is 32.2. The van der Waals surface area contributed by atoms with Crippen LogP contribution >= 0.6 is 0 Å². The summed E-state index contributed by atoms with van der Waals surface area (Å²) < 4.78 is 45.7. The van der Waals surface area contributed by atoms with Crippen molar-refractivity contribution in [1.82, 2.24) is 33.2 Å². The van der Waals surface area contributed by atoms with E-state index in [1.54, 1.807) is 64.6 Å². The van der Waals surface area contributed by atoms with Gasteiger partial charge in [0, 0.05) is 37.3 Å². The summed E-state index contributed by atoms with van der Waals surface area (Å²) in [6.07, 6.45) is 5.24. The molecule has 0 bridgehead atoms. The van der Waals surface area contributed by atoms with Gasteiger partial charge in [-0.1, -0.05) is 18.2 Å². The van der Waals surface area contributed by atoms with E-state index < -0.39 is 27.3 Å². The number of carbonyl (C=O) groups excluding carboxylic acids is 1. The Balaban J connectivity index is 1.51. The molecule has 1 aliphatic carbocycles. The highest BCUT2D eigenvalue weighted by molar-refractivity contribution is 7.90. The zero-order valence-corrected chi connectivity index (χ0v) is 27.9. The molecular formula is C32H39N7O6S. The lowest BCUT2D eigenvalue weighted by Crippen LogP contribution is -2.50. The molecule has 6 rings (SSSR count). The number of rotatable bonds is 6. The van der Waals surface area contributed by atoms with Crippen LogP contribution < -0.4 is 15.7 Å². The second-order valence-electron chi connectivity index (χ2n) is 13.2. The molecule has 0 atom stereocenters. The van der Waals surface area contributed by atoms with Gasteiger partial charge in [0.1, 0.15) is 5.60 Å². The molecule has 46 heavy (non-hydrogen) atoms.